The van der Waals surface area contributed by atoms with Crippen molar-refractivity contribution in [3.63, 3.8) is 0 Å². The number of nitrogens with one attached hydrogen (secondary N) is 2. The molecule has 0 bridgehead atoms. The Kier molecular flexibility index (Phi) is 6.64. The van der Waals surface area contributed by atoms with Crippen LogP contribution in [0.15, 0.2) is 0 Å². The van der Waals surface area contributed by atoms with E-state index < -0.39 is 0 Å². The van der Waals surface area contributed by atoms with Crippen LogP contribution in [-0.4, -0.2) is 25.0 Å². The number of carbonyl (C=O) groups is 1. The summed E-state index contributed by atoms with van der Waals surface area (Å²) in [5.74, 6) is 0.719. The molecule has 1 rings (SSSR count). The lowest BCUT2D eigenvalue weighted by Crippen LogP contribution is -2.44. The van der Waals surface area contributed by atoms with Crippen molar-refractivity contribution >= 4 is 5.91 Å². The maximum atomic E-state index is 11.5. The van der Waals surface area contributed by atoms with Gasteiger partial charge in [-0.2, -0.15) is 5.26 Å². The number of rotatable bonds is 6. The number of amides is 1. The summed E-state index contributed by atoms with van der Waals surface area (Å²) in [6.45, 7) is 3.06. The average Bonchev–Trinajstić information content (AvgIpc) is 2.37. The number of nitrogens with zero attached hydrogens (tertiary/aromatic N) is 1. The minimum absolute atomic E-state index is 0.000626. The Morgan fingerprint density at radius 2 is 2.18 bits per heavy atom. The van der Waals surface area contributed by atoms with Gasteiger partial charge in [-0.1, -0.05) is 26.2 Å². The Bertz CT molecular complexity index is 272. The van der Waals surface area contributed by atoms with Crippen molar-refractivity contribution in [3.05, 3.63) is 0 Å². The quantitative estimate of drug-likeness (QED) is 0.689. The Morgan fingerprint density at radius 3 is 2.88 bits per heavy atom. The molecule has 2 N–H and O–H groups in total. The van der Waals surface area contributed by atoms with Crippen molar-refractivity contribution in [3.8, 4) is 6.07 Å². The van der Waals surface area contributed by atoms with E-state index in [0.717, 1.165) is 5.92 Å². The summed E-state index contributed by atoms with van der Waals surface area (Å²) in [7, 11) is 0. The molecule has 0 aromatic rings. The fraction of sp³-hybridized carbons (Fsp3) is 0.846. The van der Waals surface area contributed by atoms with Crippen LogP contribution >= 0.6 is 0 Å². The maximum Gasteiger partial charge on any atom is 0.233 e. The highest BCUT2D eigenvalue weighted by atomic mass is 16.1. The molecular weight excluding hydrogens is 214 g/mol. The van der Waals surface area contributed by atoms with Gasteiger partial charge >= 0.3 is 0 Å². The molecule has 1 aliphatic rings. The predicted octanol–water partition coefficient (Wildman–Crippen LogP) is 1.57. The van der Waals surface area contributed by atoms with E-state index in [1.807, 2.05) is 6.07 Å². The molecule has 1 amide bonds. The maximum absolute atomic E-state index is 11.5. The summed E-state index contributed by atoms with van der Waals surface area (Å²) < 4.78 is 0. The molecule has 2 atom stereocenters. The number of nitriles is 1. The molecule has 96 valence electrons. The van der Waals surface area contributed by atoms with Gasteiger partial charge < -0.3 is 10.6 Å². The monoisotopic (exact) mass is 237 g/mol. The number of hydrogen-bond donors (Lipinski definition) is 2. The summed E-state index contributed by atoms with van der Waals surface area (Å²) in [6, 6.07) is 2.51. The van der Waals surface area contributed by atoms with Gasteiger partial charge in [-0.25, -0.2) is 0 Å². The zero-order valence-electron chi connectivity index (χ0n) is 10.7. The van der Waals surface area contributed by atoms with Crippen molar-refractivity contribution < 1.29 is 4.79 Å². The van der Waals surface area contributed by atoms with Gasteiger partial charge in [0.2, 0.25) is 5.91 Å². The van der Waals surface area contributed by atoms with Crippen molar-refractivity contribution in [2.45, 2.75) is 51.5 Å². The Labute approximate surface area is 104 Å². The van der Waals surface area contributed by atoms with Gasteiger partial charge in [0.1, 0.15) is 0 Å². The molecule has 0 aromatic carbocycles. The summed E-state index contributed by atoms with van der Waals surface area (Å²) in [5, 5.41) is 14.4. The van der Waals surface area contributed by atoms with E-state index in [4.69, 9.17) is 5.26 Å². The van der Waals surface area contributed by atoms with Gasteiger partial charge in [-0.05, 0) is 18.8 Å². The third kappa shape index (κ3) is 5.18. The lowest BCUT2D eigenvalue weighted by molar-refractivity contribution is -0.120. The summed E-state index contributed by atoms with van der Waals surface area (Å²) in [5.41, 5.74) is 0. The summed E-state index contributed by atoms with van der Waals surface area (Å²) in [6.07, 6.45) is 6.63. The van der Waals surface area contributed by atoms with Gasteiger partial charge in [0.15, 0.2) is 0 Å². The van der Waals surface area contributed by atoms with Crippen LogP contribution in [0.5, 0.6) is 0 Å². The molecule has 17 heavy (non-hydrogen) atoms. The first kappa shape index (κ1) is 14.0. The predicted molar refractivity (Wildman–Crippen MR) is 67.3 cm³/mol. The van der Waals surface area contributed by atoms with Crippen molar-refractivity contribution in [2.24, 2.45) is 5.92 Å². The molecule has 4 heteroatoms. The van der Waals surface area contributed by atoms with Crippen LogP contribution in [0.1, 0.15) is 45.4 Å². The first-order chi connectivity index (χ1) is 8.27. The number of carbonyl (C=O) groups excluding carboxylic acids is 1. The Hall–Kier alpha value is -1.08. The van der Waals surface area contributed by atoms with Gasteiger partial charge in [-0.15, -0.1) is 0 Å². The zero-order chi connectivity index (χ0) is 12.5. The Morgan fingerprint density at radius 1 is 1.41 bits per heavy atom. The second kappa shape index (κ2) is 8.08. The largest absolute Gasteiger partial charge is 0.354 e. The minimum Gasteiger partial charge on any atom is -0.354 e. The molecule has 0 heterocycles. The van der Waals surface area contributed by atoms with Gasteiger partial charge in [0.05, 0.1) is 19.0 Å². The van der Waals surface area contributed by atoms with E-state index in [0.29, 0.717) is 25.6 Å². The third-order valence-corrected chi connectivity index (χ3v) is 3.52. The van der Waals surface area contributed by atoms with E-state index >= 15 is 0 Å². The summed E-state index contributed by atoms with van der Waals surface area (Å²) in [4.78, 5) is 11.5. The van der Waals surface area contributed by atoms with Crippen molar-refractivity contribution in [1.82, 2.24) is 10.6 Å². The molecule has 0 spiro atoms. The summed E-state index contributed by atoms with van der Waals surface area (Å²) >= 11 is 0. The molecule has 0 aliphatic heterocycles. The van der Waals surface area contributed by atoms with Crippen LogP contribution < -0.4 is 10.6 Å². The second-order valence-corrected chi connectivity index (χ2v) is 4.70. The molecular formula is C13H23N3O. The lowest BCUT2D eigenvalue weighted by Gasteiger charge is -2.31. The van der Waals surface area contributed by atoms with Crippen molar-refractivity contribution in [1.29, 1.82) is 5.26 Å². The van der Waals surface area contributed by atoms with Crippen LogP contribution in [-0.2, 0) is 4.79 Å². The highest BCUT2D eigenvalue weighted by molar-refractivity contribution is 5.78. The highest BCUT2D eigenvalue weighted by Crippen LogP contribution is 2.26. The minimum atomic E-state index is 0.000626. The zero-order valence-corrected chi connectivity index (χ0v) is 10.7. The van der Waals surface area contributed by atoms with Crippen LogP contribution in [0.25, 0.3) is 0 Å². The molecule has 0 saturated heterocycles. The van der Waals surface area contributed by atoms with Crippen LogP contribution in [0.4, 0.5) is 0 Å². The Balaban J connectivity index is 2.19. The van der Waals surface area contributed by atoms with Gasteiger partial charge in [0.25, 0.3) is 0 Å². The van der Waals surface area contributed by atoms with E-state index in [2.05, 4.69) is 17.6 Å². The van der Waals surface area contributed by atoms with E-state index in [1.165, 1.54) is 32.1 Å². The first-order valence-corrected chi connectivity index (χ1v) is 6.65. The highest BCUT2D eigenvalue weighted by Gasteiger charge is 2.23. The van der Waals surface area contributed by atoms with Gasteiger partial charge in [-0.3, -0.25) is 4.79 Å². The van der Waals surface area contributed by atoms with Crippen LogP contribution in [0.2, 0.25) is 0 Å². The van der Waals surface area contributed by atoms with E-state index in [9.17, 15) is 4.79 Å². The second-order valence-electron chi connectivity index (χ2n) is 4.70. The van der Waals surface area contributed by atoms with Crippen LogP contribution in [0.3, 0.4) is 0 Å². The van der Waals surface area contributed by atoms with E-state index in [-0.39, 0.29) is 5.91 Å². The molecule has 0 radical (unpaired) electrons. The van der Waals surface area contributed by atoms with Crippen LogP contribution in [0, 0.1) is 17.2 Å². The molecule has 0 aromatic heterocycles. The SMILES string of the molecule is CCC1CCCCC1NCC(=O)NCCC#N. The van der Waals surface area contributed by atoms with Gasteiger partial charge in [0, 0.05) is 12.6 Å². The average molecular weight is 237 g/mol. The first-order valence-electron chi connectivity index (χ1n) is 6.65. The molecule has 1 saturated carbocycles. The normalized spacial score (nSPS) is 24.0. The topological polar surface area (TPSA) is 64.9 Å². The van der Waals surface area contributed by atoms with E-state index in [1.54, 1.807) is 0 Å². The fourth-order valence-electron chi connectivity index (χ4n) is 2.51. The smallest absolute Gasteiger partial charge is 0.233 e. The molecule has 1 aliphatic carbocycles. The lowest BCUT2D eigenvalue weighted by atomic mass is 9.83. The third-order valence-electron chi connectivity index (χ3n) is 3.52. The van der Waals surface area contributed by atoms with Crippen molar-refractivity contribution in [2.75, 3.05) is 13.1 Å². The fourth-order valence-corrected chi connectivity index (χ4v) is 2.51. The molecule has 1 fully saturated rings. The standard InChI is InChI=1S/C13H23N3O/c1-2-11-6-3-4-7-12(11)16-10-13(17)15-9-5-8-14/h11-12,16H,2-7,9-10H2,1H3,(H,15,17). The molecule has 2 unspecified atom stereocenters. The number of hydrogen-bond acceptors (Lipinski definition) is 3. The molecule has 4 nitrogen and oxygen atoms in total.